The molecule has 28 heavy (non-hydrogen) atoms. The molecule has 0 saturated carbocycles. The van der Waals surface area contributed by atoms with E-state index in [4.69, 9.17) is 4.74 Å². The summed E-state index contributed by atoms with van der Waals surface area (Å²) >= 11 is 3.55. The van der Waals surface area contributed by atoms with Crippen molar-refractivity contribution in [3.05, 3.63) is 69.4 Å². The molecule has 0 aliphatic heterocycles. The molecule has 8 heteroatoms. The number of para-hydroxylation sites is 1. The Morgan fingerprint density at radius 2 is 1.82 bits per heavy atom. The van der Waals surface area contributed by atoms with Gasteiger partial charge in [-0.25, -0.2) is 9.78 Å². The summed E-state index contributed by atoms with van der Waals surface area (Å²) < 4.78 is 7.96. The van der Waals surface area contributed by atoms with Gasteiger partial charge in [-0.1, -0.05) is 30.0 Å². The number of hydrogen-bond acceptors (Lipinski definition) is 5. The first-order chi connectivity index (χ1) is 13.5. The Kier molecular flexibility index (Phi) is 6.74. The molecular formula is C20H18IN3O3S. The Labute approximate surface area is 180 Å². The van der Waals surface area contributed by atoms with Gasteiger partial charge in [0.25, 0.3) is 5.91 Å². The minimum Gasteiger partial charge on any atom is -0.461 e. The largest absolute Gasteiger partial charge is 0.461 e. The summed E-state index contributed by atoms with van der Waals surface area (Å²) in [4.78, 5) is 29.9. The molecule has 0 atom stereocenters. The molecule has 1 aromatic heterocycles. The van der Waals surface area contributed by atoms with Gasteiger partial charge in [0.05, 0.1) is 6.61 Å². The number of carbonyl (C=O) groups excluding carboxylic acids is 2. The van der Waals surface area contributed by atoms with E-state index in [1.54, 1.807) is 23.6 Å². The Balaban J connectivity index is 2.07. The number of hydrogen-bond donors (Lipinski definition) is 1. The Morgan fingerprint density at radius 3 is 2.43 bits per heavy atom. The lowest BCUT2D eigenvalue weighted by Gasteiger charge is -2.11. The Bertz CT molecular complexity index is 988. The van der Waals surface area contributed by atoms with Crippen LogP contribution in [0.3, 0.4) is 0 Å². The van der Waals surface area contributed by atoms with Crippen molar-refractivity contribution in [2.45, 2.75) is 12.1 Å². The highest BCUT2D eigenvalue weighted by atomic mass is 127. The molecule has 0 fully saturated rings. The first-order valence-corrected chi connectivity index (χ1v) is 10.8. The van der Waals surface area contributed by atoms with E-state index in [-0.39, 0.29) is 24.0 Å². The van der Waals surface area contributed by atoms with Gasteiger partial charge in [-0.15, -0.1) is 0 Å². The second kappa shape index (κ2) is 9.24. The Hall–Kier alpha value is -2.33. The van der Waals surface area contributed by atoms with Crippen molar-refractivity contribution in [3.8, 4) is 5.69 Å². The second-order valence-corrected chi connectivity index (χ2v) is 7.67. The number of imidazole rings is 1. The van der Waals surface area contributed by atoms with Gasteiger partial charge in [0.2, 0.25) is 0 Å². The van der Waals surface area contributed by atoms with E-state index in [0.29, 0.717) is 10.7 Å². The summed E-state index contributed by atoms with van der Waals surface area (Å²) in [6.45, 7) is 1.96. The van der Waals surface area contributed by atoms with Gasteiger partial charge in [0.15, 0.2) is 16.7 Å². The maximum Gasteiger partial charge on any atom is 0.359 e. The number of carbonyl (C=O) groups is 2. The van der Waals surface area contributed by atoms with Gasteiger partial charge >= 0.3 is 5.97 Å². The van der Waals surface area contributed by atoms with Gasteiger partial charge < -0.3 is 10.1 Å². The Morgan fingerprint density at radius 1 is 1.14 bits per heavy atom. The number of aromatic nitrogens is 2. The van der Waals surface area contributed by atoms with Crippen LogP contribution in [0.25, 0.3) is 5.69 Å². The molecule has 3 rings (SSSR count). The normalized spacial score (nSPS) is 10.5. The number of esters is 1. The number of ether oxygens (including phenoxy) is 1. The zero-order valence-corrected chi connectivity index (χ0v) is 18.3. The molecule has 0 saturated heterocycles. The summed E-state index contributed by atoms with van der Waals surface area (Å²) in [6, 6.07) is 16.5. The standard InChI is InChI=1S/C20H18IN3O3S/c1-3-27-19(26)16-17(22-18(25)13-9-11-14(21)12-10-13)23-20(28-2)24(16)15-7-5-4-6-8-15/h4-12H,3H2,1-2H3,(H,22,25). The van der Waals surface area contributed by atoms with E-state index >= 15 is 0 Å². The van der Waals surface area contributed by atoms with Crippen molar-refractivity contribution in [3.63, 3.8) is 0 Å². The monoisotopic (exact) mass is 507 g/mol. The molecule has 0 aliphatic rings. The lowest BCUT2D eigenvalue weighted by Crippen LogP contribution is -2.18. The summed E-state index contributed by atoms with van der Waals surface area (Å²) in [5.41, 5.74) is 1.43. The smallest absolute Gasteiger partial charge is 0.359 e. The van der Waals surface area contributed by atoms with Crippen LogP contribution in [0, 0.1) is 3.57 Å². The van der Waals surface area contributed by atoms with E-state index in [2.05, 4.69) is 32.9 Å². The molecule has 0 aliphatic carbocycles. The molecule has 0 bridgehead atoms. The zero-order chi connectivity index (χ0) is 20.1. The van der Waals surface area contributed by atoms with Crippen molar-refractivity contribution >= 4 is 52.0 Å². The second-order valence-electron chi connectivity index (χ2n) is 5.65. The number of nitrogens with one attached hydrogen (secondary N) is 1. The van der Waals surface area contributed by atoms with E-state index < -0.39 is 5.97 Å². The van der Waals surface area contributed by atoms with Gasteiger partial charge in [-0.2, -0.15) is 0 Å². The number of anilines is 1. The topological polar surface area (TPSA) is 73.2 Å². The fourth-order valence-corrected chi connectivity index (χ4v) is 3.53. The third-order valence-electron chi connectivity index (χ3n) is 3.85. The number of thioether (sulfide) groups is 1. The number of rotatable bonds is 6. The van der Waals surface area contributed by atoms with Crippen LogP contribution in [0.4, 0.5) is 5.82 Å². The molecule has 1 N–H and O–H groups in total. The van der Waals surface area contributed by atoms with Gasteiger partial charge in [-0.05, 0) is 72.2 Å². The fraction of sp³-hybridized carbons (Fsp3) is 0.150. The van der Waals surface area contributed by atoms with Crippen molar-refractivity contribution in [2.24, 2.45) is 0 Å². The average Bonchev–Trinajstić information content (AvgIpc) is 3.07. The molecule has 0 spiro atoms. The molecule has 0 radical (unpaired) electrons. The SMILES string of the molecule is CCOC(=O)c1c(NC(=O)c2ccc(I)cc2)nc(SC)n1-c1ccccc1. The van der Waals surface area contributed by atoms with Gasteiger partial charge in [0, 0.05) is 14.8 Å². The first kappa shape index (κ1) is 20.4. The highest BCUT2D eigenvalue weighted by molar-refractivity contribution is 14.1. The van der Waals surface area contributed by atoms with Gasteiger partial charge in [-0.3, -0.25) is 9.36 Å². The van der Waals surface area contributed by atoms with Crippen molar-refractivity contribution in [1.29, 1.82) is 0 Å². The maximum absolute atomic E-state index is 12.7. The summed E-state index contributed by atoms with van der Waals surface area (Å²) in [6.07, 6.45) is 1.86. The van der Waals surface area contributed by atoms with Crippen LogP contribution in [0.5, 0.6) is 0 Å². The van der Waals surface area contributed by atoms with E-state index in [1.165, 1.54) is 11.8 Å². The predicted octanol–water partition coefficient (Wildman–Crippen LogP) is 4.63. The van der Waals surface area contributed by atoms with Gasteiger partial charge in [0.1, 0.15) is 0 Å². The van der Waals surface area contributed by atoms with Crippen LogP contribution >= 0.6 is 34.4 Å². The van der Waals surface area contributed by atoms with Crippen molar-refractivity contribution in [2.75, 3.05) is 18.2 Å². The van der Waals surface area contributed by atoms with Crippen molar-refractivity contribution in [1.82, 2.24) is 9.55 Å². The van der Waals surface area contributed by atoms with E-state index in [1.807, 2.05) is 48.7 Å². The molecule has 2 aromatic carbocycles. The molecule has 6 nitrogen and oxygen atoms in total. The zero-order valence-electron chi connectivity index (χ0n) is 15.3. The maximum atomic E-state index is 12.7. The summed E-state index contributed by atoms with van der Waals surface area (Å²) in [5, 5.41) is 3.34. The van der Waals surface area contributed by atoms with Crippen LogP contribution in [-0.2, 0) is 4.74 Å². The number of amides is 1. The minimum atomic E-state index is -0.544. The van der Waals surface area contributed by atoms with E-state index in [9.17, 15) is 9.59 Å². The number of halogens is 1. The van der Waals surface area contributed by atoms with E-state index in [0.717, 1.165) is 9.26 Å². The predicted molar refractivity (Wildman–Crippen MR) is 118 cm³/mol. The minimum absolute atomic E-state index is 0.176. The van der Waals surface area contributed by atoms with Crippen LogP contribution in [-0.4, -0.2) is 34.3 Å². The summed E-state index contributed by atoms with van der Waals surface area (Å²) in [7, 11) is 0. The average molecular weight is 507 g/mol. The summed E-state index contributed by atoms with van der Waals surface area (Å²) in [5.74, 6) is -0.709. The molecular weight excluding hydrogens is 489 g/mol. The third-order valence-corrected chi connectivity index (χ3v) is 5.21. The molecule has 3 aromatic rings. The first-order valence-electron chi connectivity index (χ1n) is 8.51. The van der Waals surface area contributed by atoms with Crippen molar-refractivity contribution < 1.29 is 14.3 Å². The molecule has 1 heterocycles. The van der Waals surface area contributed by atoms with Crippen LogP contribution in [0.1, 0.15) is 27.8 Å². The third kappa shape index (κ3) is 4.39. The lowest BCUT2D eigenvalue weighted by molar-refractivity contribution is 0.0517. The lowest BCUT2D eigenvalue weighted by atomic mass is 10.2. The molecule has 144 valence electrons. The van der Waals surface area contributed by atoms with Crippen LogP contribution in [0.15, 0.2) is 59.8 Å². The highest BCUT2D eigenvalue weighted by Gasteiger charge is 2.26. The fourth-order valence-electron chi connectivity index (χ4n) is 2.61. The molecule has 0 unspecified atom stereocenters. The quantitative estimate of drug-likeness (QED) is 0.299. The molecule has 1 amide bonds. The highest BCUT2D eigenvalue weighted by Crippen LogP contribution is 2.28. The number of benzene rings is 2. The van der Waals surface area contributed by atoms with Crippen LogP contribution < -0.4 is 5.32 Å². The van der Waals surface area contributed by atoms with Crippen LogP contribution in [0.2, 0.25) is 0 Å². The number of nitrogens with zero attached hydrogens (tertiary/aromatic N) is 2.